The summed E-state index contributed by atoms with van der Waals surface area (Å²) < 4.78 is 11.2. The average molecular weight is 362 g/mol. The van der Waals surface area contributed by atoms with Crippen LogP contribution in [0.25, 0.3) is 0 Å². The van der Waals surface area contributed by atoms with Crippen molar-refractivity contribution in [2.24, 2.45) is 17.8 Å². The van der Waals surface area contributed by atoms with Gasteiger partial charge in [-0.1, -0.05) is 24.3 Å². The molecule has 2 aliphatic carbocycles. The monoisotopic (exact) mass is 362 g/mol. The maximum absolute atomic E-state index is 12.3. The number of hydrogen-bond acceptors (Lipinski definition) is 6. The van der Waals surface area contributed by atoms with E-state index in [1.54, 1.807) is 32.9 Å². The highest BCUT2D eigenvalue weighted by molar-refractivity contribution is 5.91. The number of fused-ring (bicyclic) bond motifs is 3. The molecule has 0 aromatic carbocycles. The van der Waals surface area contributed by atoms with Crippen LogP contribution in [-0.4, -0.2) is 46.1 Å². The molecule has 142 valence electrons. The minimum atomic E-state index is -1.30. The van der Waals surface area contributed by atoms with Crippen LogP contribution in [0.4, 0.5) is 0 Å². The van der Waals surface area contributed by atoms with Gasteiger partial charge in [-0.25, -0.2) is 9.59 Å². The van der Waals surface area contributed by atoms with Crippen molar-refractivity contribution in [3.05, 3.63) is 35.5 Å². The minimum Gasteiger partial charge on any atom is -0.458 e. The van der Waals surface area contributed by atoms with Gasteiger partial charge in [0.15, 0.2) is 0 Å². The van der Waals surface area contributed by atoms with E-state index in [4.69, 9.17) is 9.47 Å². The van der Waals surface area contributed by atoms with E-state index in [2.05, 4.69) is 6.58 Å². The summed E-state index contributed by atoms with van der Waals surface area (Å²) >= 11 is 0. The molecule has 1 saturated heterocycles. The van der Waals surface area contributed by atoms with E-state index in [0.29, 0.717) is 5.57 Å². The zero-order chi connectivity index (χ0) is 19.4. The summed E-state index contributed by atoms with van der Waals surface area (Å²) in [6.07, 6.45) is 1.20. The Labute approximate surface area is 153 Å². The SMILES string of the molecule is C=C1C(=O)O[C@@H]2[C@H]3C(C)=C[C@H](O)[C@H]3[C@](C)(O)C[C@@H](OC(=O)/C(C)=C\C)[C@@H]12. The third-order valence-electron chi connectivity index (χ3n) is 6.08. The fourth-order valence-electron chi connectivity index (χ4n) is 4.67. The molecular formula is C20H26O6. The van der Waals surface area contributed by atoms with Gasteiger partial charge < -0.3 is 19.7 Å². The molecule has 7 atom stereocenters. The highest BCUT2D eigenvalue weighted by Crippen LogP contribution is 2.52. The van der Waals surface area contributed by atoms with Crippen molar-refractivity contribution in [3.63, 3.8) is 0 Å². The first-order chi connectivity index (χ1) is 12.1. The topological polar surface area (TPSA) is 93.1 Å². The highest BCUT2D eigenvalue weighted by Gasteiger charge is 2.60. The molecule has 1 saturated carbocycles. The molecule has 3 rings (SSSR count). The Bertz CT molecular complexity index is 716. The van der Waals surface area contributed by atoms with Crippen molar-refractivity contribution in [1.82, 2.24) is 0 Å². The molecular weight excluding hydrogens is 336 g/mol. The number of esters is 2. The Morgan fingerprint density at radius 2 is 2.12 bits per heavy atom. The van der Waals surface area contributed by atoms with Crippen molar-refractivity contribution in [2.45, 2.75) is 58.0 Å². The maximum atomic E-state index is 12.3. The van der Waals surface area contributed by atoms with E-state index in [0.717, 1.165) is 5.57 Å². The first kappa shape index (κ1) is 18.9. The second-order valence-corrected chi connectivity index (χ2v) is 7.85. The van der Waals surface area contributed by atoms with Gasteiger partial charge in [-0.15, -0.1) is 0 Å². The summed E-state index contributed by atoms with van der Waals surface area (Å²) in [4.78, 5) is 24.5. The third kappa shape index (κ3) is 2.81. The van der Waals surface area contributed by atoms with Crippen molar-refractivity contribution in [3.8, 4) is 0 Å². The summed E-state index contributed by atoms with van der Waals surface area (Å²) in [6, 6.07) is 0. The van der Waals surface area contributed by atoms with Crippen LogP contribution in [0.1, 0.15) is 34.1 Å². The van der Waals surface area contributed by atoms with Crippen LogP contribution in [0.5, 0.6) is 0 Å². The number of allylic oxidation sites excluding steroid dienone is 1. The second kappa shape index (κ2) is 6.35. The number of carbonyl (C=O) groups excluding carboxylic acids is 2. The van der Waals surface area contributed by atoms with Gasteiger partial charge in [-0.3, -0.25) is 0 Å². The largest absolute Gasteiger partial charge is 0.458 e. The number of carbonyl (C=O) groups is 2. The summed E-state index contributed by atoms with van der Waals surface area (Å²) in [5.74, 6) is -2.46. The summed E-state index contributed by atoms with van der Waals surface area (Å²) in [5, 5.41) is 21.6. The molecule has 0 aromatic rings. The molecule has 1 heterocycles. The molecule has 1 aliphatic heterocycles. The lowest BCUT2D eigenvalue weighted by Gasteiger charge is -2.36. The quantitative estimate of drug-likeness (QED) is 0.441. The Hall–Kier alpha value is -1.92. The van der Waals surface area contributed by atoms with E-state index in [1.165, 1.54) is 0 Å². The van der Waals surface area contributed by atoms with Gasteiger partial charge in [0.2, 0.25) is 0 Å². The number of rotatable bonds is 2. The van der Waals surface area contributed by atoms with Crippen LogP contribution in [-0.2, 0) is 19.1 Å². The maximum Gasteiger partial charge on any atom is 0.334 e. The predicted octanol–water partition coefficient (Wildman–Crippen LogP) is 1.67. The van der Waals surface area contributed by atoms with Crippen LogP contribution < -0.4 is 0 Å². The van der Waals surface area contributed by atoms with Gasteiger partial charge >= 0.3 is 11.9 Å². The van der Waals surface area contributed by atoms with Gasteiger partial charge in [0, 0.05) is 29.4 Å². The zero-order valence-electron chi connectivity index (χ0n) is 15.6. The fourth-order valence-corrected chi connectivity index (χ4v) is 4.67. The zero-order valence-corrected chi connectivity index (χ0v) is 15.6. The summed E-state index contributed by atoms with van der Waals surface area (Å²) in [6.45, 7) is 10.7. The lowest BCUT2D eigenvalue weighted by atomic mass is 9.75. The van der Waals surface area contributed by atoms with Gasteiger partial charge in [0.25, 0.3) is 0 Å². The van der Waals surface area contributed by atoms with Gasteiger partial charge in [0.1, 0.15) is 12.2 Å². The van der Waals surface area contributed by atoms with Crippen molar-refractivity contribution in [1.29, 1.82) is 0 Å². The summed E-state index contributed by atoms with van der Waals surface area (Å²) in [5.41, 5.74) is 0.246. The lowest BCUT2D eigenvalue weighted by Crippen LogP contribution is -2.45. The molecule has 0 bridgehead atoms. The first-order valence-corrected chi connectivity index (χ1v) is 8.91. The van der Waals surface area contributed by atoms with Gasteiger partial charge in [-0.05, 0) is 27.7 Å². The van der Waals surface area contributed by atoms with E-state index < -0.39 is 47.7 Å². The number of hydrogen-bond donors (Lipinski definition) is 2. The Morgan fingerprint density at radius 3 is 2.73 bits per heavy atom. The Kier molecular flexibility index (Phi) is 4.61. The molecule has 0 amide bonds. The molecule has 0 aromatic heterocycles. The first-order valence-electron chi connectivity index (χ1n) is 8.91. The van der Waals surface area contributed by atoms with Crippen LogP contribution in [0.3, 0.4) is 0 Å². The average Bonchev–Trinajstić information content (AvgIpc) is 2.98. The molecule has 0 unspecified atom stereocenters. The molecule has 2 N–H and O–H groups in total. The van der Waals surface area contributed by atoms with Crippen LogP contribution >= 0.6 is 0 Å². The molecule has 26 heavy (non-hydrogen) atoms. The number of ether oxygens (including phenoxy) is 2. The standard InChI is InChI=1S/C20H26O6/c1-6-9(2)18(22)25-13-8-20(5,24)16-12(21)7-10(3)14(16)17-15(13)11(4)19(23)26-17/h6-7,12-17,21,24H,4,8H2,1-3,5H3/b9-6-/t12-,13+,14-,15+,16+,17+,20+/m0/s1. The number of aliphatic hydroxyl groups excluding tert-OH is 1. The molecule has 0 spiro atoms. The van der Waals surface area contributed by atoms with Crippen LogP contribution in [0.2, 0.25) is 0 Å². The van der Waals surface area contributed by atoms with Crippen molar-refractivity contribution >= 4 is 11.9 Å². The second-order valence-electron chi connectivity index (χ2n) is 7.85. The Balaban J connectivity index is 2.04. The third-order valence-corrected chi connectivity index (χ3v) is 6.08. The van der Waals surface area contributed by atoms with E-state index in [-0.39, 0.29) is 17.9 Å². The summed E-state index contributed by atoms with van der Waals surface area (Å²) in [7, 11) is 0. The van der Waals surface area contributed by atoms with Gasteiger partial charge in [0.05, 0.1) is 17.6 Å². The van der Waals surface area contributed by atoms with Crippen LogP contribution in [0.15, 0.2) is 35.5 Å². The normalized spacial score (nSPS) is 42.5. The lowest BCUT2D eigenvalue weighted by molar-refractivity contribution is -0.150. The fraction of sp³-hybridized carbons (Fsp3) is 0.600. The van der Waals surface area contributed by atoms with Gasteiger partial charge in [-0.2, -0.15) is 0 Å². The predicted molar refractivity (Wildman–Crippen MR) is 93.8 cm³/mol. The number of aliphatic hydroxyl groups is 2. The van der Waals surface area contributed by atoms with E-state index in [9.17, 15) is 19.8 Å². The van der Waals surface area contributed by atoms with Crippen molar-refractivity contribution < 1.29 is 29.3 Å². The highest BCUT2D eigenvalue weighted by atomic mass is 16.6. The Morgan fingerprint density at radius 1 is 1.46 bits per heavy atom. The molecule has 6 nitrogen and oxygen atoms in total. The minimum absolute atomic E-state index is 0.0892. The van der Waals surface area contributed by atoms with E-state index >= 15 is 0 Å². The molecule has 3 aliphatic rings. The smallest absolute Gasteiger partial charge is 0.334 e. The van der Waals surface area contributed by atoms with E-state index in [1.807, 2.05) is 6.92 Å². The molecule has 0 radical (unpaired) electrons. The molecule has 2 fully saturated rings. The van der Waals surface area contributed by atoms with Crippen molar-refractivity contribution in [2.75, 3.05) is 0 Å². The van der Waals surface area contributed by atoms with Crippen LogP contribution in [0, 0.1) is 17.8 Å². The molecule has 6 heteroatoms.